The molecule has 2 aromatic rings. The lowest BCUT2D eigenvalue weighted by atomic mass is 10.0. The summed E-state index contributed by atoms with van der Waals surface area (Å²) in [4.78, 5) is 90.1. The van der Waals surface area contributed by atoms with Crippen LogP contribution in [0.4, 0.5) is 9.93 Å². The molecule has 6 rings (SSSR count). The van der Waals surface area contributed by atoms with Gasteiger partial charge in [0, 0.05) is 42.5 Å². The van der Waals surface area contributed by atoms with Gasteiger partial charge in [0.05, 0.1) is 6.04 Å². The molecule has 3 fully saturated rings. The zero-order valence-corrected chi connectivity index (χ0v) is 29.5. The maximum Gasteiger partial charge on any atom is 0.519 e. The molecule has 0 radical (unpaired) electrons. The Labute approximate surface area is 297 Å². The number of aryl methyl sites for hydroxylation is 1. The maximum atomic E-state index is 13.5. The van der Waals surface area contributed by atoms with Gasteiger partial charge in [-0.1, -0.05) is 5.16 Å². The number of nitrogen functional groups attached to an aromatic ring is 1. The number of carbonyl (C=O) groups excluding carboxylic acids is 4. The predicted octanol–water partition coefficient (Wildman–Crippen LogP) is 0.803. The van der Waals surface area contributed by atoms with Crippen LogP contribution in [0.15, 0.2) is 41.7 Å². The number of hydrogen-bond donors (Lipinski definition) is 3. The third-order valence-electron chi connectivity index (χ3n) is 8.30. The van der Waals surface area contributed by atoms with E-state index in [2.05, 4.69) is 19.8 Å². The number of hydrogen-bond acceptors (Lipinski definition) is 16. The van der Waals surface area contributed by atoms with Crippen LogP contribution in [0.1, 0.15) is 51.0 Å². The number of rotatable bonds is 9. The van der Waals surface area contributed by atoms with E-state index in [1.54, 1.807) is 25.7 Å². The van der Waals surface area contributed by atoms with Gasteiger partial charge in [-0.25, -0.2) is 14.4 Å². The van der Waals surface area contributed by atoms with Gasteiger partial charge in [0.1, 0.15) is 22.7 Å². The summed E-state index contributed by atoms with van der Waals surface area (Å²) < 4.78 is 18.9. The minimum atomic E-state index is -1.36. The number of carbonyl (C=O) groups is 5. The first-order valence-corrected chi connectivity index (χ1v) is 17.5. The van der Waals surface area contributed by atoms with Crippen molar-refractivity contribution in [2.45, 2.75) is 70.2 Å². The van der Waals surface area contributed by atoms with E-state index in [-0.39, 0.29) is 70.3 Å². The first-order chi connectivity index (χ1) is 24.1. The van der Waals surface area contributed by atoms with Crippen molar-refractivity contribution in [2.24, 2.45) is 5.16 Å². The highest BCUT2D eigenvalue weighted by Crippen LogP contribution is 2.41. The quantitative estimate of drug-likeness (QED) is 0.139. The molecule has 0 bridgehead atoms. The first kappa shape index (κ1) is 35.6. The van der Waals surface area contributed by atoms with E-state index in [1.165, 1.54) is 29.7 Å². The third kappa shape index (κ3) is 7.34. The maximum absolute atomic E-state index is 13.5. The summed E-state index contributed by atoms with van der Waals surface area (Å²) in [6.07, 6.45) is 1.73. The molecular weight excluding hydrogens is 713 g/mol. The smallest absolute Gasteiger partial charge is 0.477 e. The topological polar surface area (TPSA) is 253 Å². The molecule has 4 N–H and O–H groups in total. The molecule has 0 aromatic carbocycles. The number of fused-ring (bicyclic) bond motifs is 1. The molecule has 3 atom stereocenters. The molecule has 3 saturated heterocycles. The lowest BCUT2D eigenvalue weighted by Crippen LogP contribution is -2.71. The van der Waals surface area contributed by atoms with Crippen LogP contribution in [0.25, 0.3) is 0 Å². The summed E-state index contributed by atoms with van der Waals surface area (Å²) in [6, 6.07) is -1.37. The number of carboxylic acids is 1. The summed E-state index contributed by atoms with van der Waals surface area (Å²) >= 11 is 2.09. The molecule has 21 heteroatoms. The molecule has 4 aliphatic heterocycles. The van der Waals surface area contributed by atoms with Gasteiger partial charge in [-0.2, -0.15) is 9.36 Å². The van der Waals surface area contributed by atoms with Crippen molar-refractivity contribution in [1.82, 2.24) is 29.4 Å². The van der Waals surface area contributed by atoms with E-state index in [1.807, 2.05) is 0 Å². The van der Waals surface area contributed by atoms with E-state index in [0.717, 1.165) is 16.4 Å². The number of oxime groups is 1. The Morgan fingerprint density at radius 2 is 1.96 bits per heavy atom. The highest BCUT2D eigenvalue weighted by Gasteiger charge is 2.54. The van der Waals surface area contributed by atoms with Crippen LogP contribution < -0.4 is 16.9 Å². The minimum Gasteiger partial charge on any atom is -0.477 e. The summed E-state index contributed by atoms with van der Waals surface area (Å²) in [7, 11) is 0. The van der Waals surface area contributed by atoms with Crippen LogP contribution in [-0.2, 0) is 35.4 Å². The SMILES string of the molecule is Cc1oc(=O)oc1COC(=O)N1CC[C@@H](N2CC/C(=C\C3=C(C(=O)O)N4C(=O)[C@@H](NC(=O)/C(=N\OC(C)(C)C)c5nsc(N)n5)[C@H]4SC3)C2=O)C1. The number of β-lactam (4-membered cyclic amide) rings is 1. The number of aliphatic carboxylic acids is 1. The van der Waals surface area contributed by atoms with Crippen molar-refractivity contribution >= 4 is 63.9 Å². The van der Waals surface area contributed by atoms with Crippen LogP contribution in [0.2, 0.25) is 0 Å². The number of allylic oxidation sites excluding steroid dienone is 1. The molecule has 4 aliphatic rings. The van der Waals surface area contributed by atoms with Gasteiger partial charge in [-0.05, 0) is 52.2 Å². The Hall–Kier alpha value is -5.18. The molecule has 0 spiro atoms. The molecule has 4 amide bonds. The molecule has 0 unspecified atom stereocenters. The molecule has 0 saturated carbocycles. The van der Waals surface area contributed by atoms with E-state index < -0.39 is 46.7 Å². The Kier molecular flexibility index (Phi) is 9.68. The van der Waals surface area contributed by atoms with Crippen LogP contribution >= 0.6 is 23.3 Å². The van der Waals surface area contributed by atoms with E-state index >= 15 is 0 Å². The standard InChI is InChI=1S/C30H34N8O11S2/c1-13-17(48-29(45)47-13)11-46-28(44)36-7-6-16(10-36)37-8-5-14(23(37)40)9-15-12-50-25-19(24(41)38(25)20(15)26(42)43)32-22(39)18(34-49-30(2,3)4)21-33-27(31)51-35-21/h9,16,19,25H,5-8,10-12H2,1-4H3,(H,32,39)(H,42,43)(H2,31,33,35)/b14-9+,34-18-/t16-,19-,25-/m1/s1. The molecule has 51 heavy (non-hydrogen) atoms. The van der Waals surface area contributed by atoms with Crippen molar-refractivity contribution in [3.63, 3.8) is 0 Å². The fraction of sp³-hybridized carbons (Fsp3) is 0.500. The number of nitrogens with zero attached hydrogens (tertiary/aromatic N) is 6. The fourth-order valence-electron chi connectivity index (χ4n) is 5.87. The number of nitrogens with one attached hydrogen (secondary N) is 1. The number of ether oxygens (including phenoxy) is 1. The van der Waals surface area contributed by atoms with Crippen molar-refractivity contribution in [2.75, 3.05) is 31.1 Å². The monoisotopic (exact) mass is 746 g/mol. The summed E-state index contributed by atoms with van der Waals surface area (Å²) in [6.45, 7) is 7.34. The van der Waals surface area contributed by atoms with Crippen molar-refractivity contribution in [1.29, 1.82) is 0 Å². The fourth-order valence-corrected chi connectivity index (χ4v) is 7.62. The van der Waals surface area contributed by atoms with E-state index in [9.17, 15) is 33.9 Å². The van der Waals surface area contributed by atoms with E-state index in [4.69, 9.17) is 24.1 Å². The van der Waals surface area contributed by atoms with Gasteiger partial charge in [0.15, 0.2) is 23.3 Å². The molecule has 19 nitrogen and oxygen atoms in total. The second-order valence-electron chi connectivity index (χ2n) is 12.9. The van der Waals surface area contributed by atoms with Crippen LogP contribution in [0, 0.1) is 6.92 Å². The third-order valence-corrected chi connectivity index (χ3v) is 10.1. The second-order valence-corrected chi connectivity index (χ2v) is 14.8. The number of nitrogens with two attached hydrogens (primary N) is 1. The van der Waals surface area contributed by atoms with Gasteiger partial charge < -0.3 is 44.4 Å². The summed E-state index contributed by atoms with van der Waals surface area (Å²) in [5.41, 5.74) is 5.03. The molecule has 6 heterocycles. The average molecular weight is 747 g/mol. The van der Waals surface area contributed by atoms with Crippen LogP contribution in [0.5, 0.6) is 0 Å². The minimum absolute atomic E-state index is 0.0867. The first-order valence-electron chi connectivity index (χ1n) is 15.7. The normalized spacial score (nSPS) is 23.1. The van der Waals surface area contributed by atoms with Crippen LogP contribution in [0.3, 0.4) is 0 Å². The Balaban J connectivity index is 1.11. The summed E-state index contributed by atoms with van der Waals surface area (Å²) in [5, 5.41) is 16.1. The Morgan fingerprint density at radius 1 is 1.20 bits per heavy atom. The van der Waals surface area contributed by atoms with Crippen molar-refractivity contribution < 1.29 is 47.5 Å². The Morgan fingerprint density at radius 3 is 2.61 bits per heavy atom. The number of amides is 4. The van der Waals surface area contributed by atoms with Crippen molar-refractivity contribution in [3.05, 3.63) is 50.9 Å². The summed E-state index contributed by atoms with van der Waals surface area (Å²) in [5.74, 6) is -3.62. The van der Waals surface area contributed by atoms with Gasteiger partial charge in [0.25, 0.3) is 11.8 Å². The van der Waals surface area contributed by atoms with Gasteiger partial charge in [0.2, 0.25) is 17.4 Å². The predicted molar refractivity (Wildman–Crippen MR) is 178 cm³/mol. The molecular formula is C30H34N8O11S2. The zero-order chi connectivity index (χ0) is 36.8. The van der Waals surface area contributed by atoms with Crippen molar-refractivity contribution in [3.8, 4) is 0 Å². The number of carboxylic acid groups (broad SMARTS) is 1. The Bertz CT molecular complexity index is 1940. The molecule has 2 aromatic heterocycles. The number of aromatic nitrogens is 2. The van der Waals surface area contributed by atoms with Gasteiger partial charge in [-0.3, -0.25) is 19.3 Å². The zero-order valence-electron chi connectivity index (χ0n) is 27.9. The van der Waals surface area contributed by atoms with Gasteiger partial charge >= 0.3 is 17.9 Å². The number of likely N-dealkylation sites (tertiary alicyclic amines) is 2. The number of thioether (sulfide) groups is 1. The molecule has 0 aliphatic carbocycles. The highest BCUT2D eigenvalue weighted by molar-refractivity contribution is 8.00. The lowest BCUT2D eigenvalue weighted by molar-refractivity contribution is -0.150. The second kappa shape index (κ2) is 13.9. The van der Waals surface area contributed by atoms with E-state index in [0.29, 0.717) is 31.5 Å². The largest absolute Gasteiger partial charge is 0.519 e. The van der Waals surface area contributed by atoms with Crippen LogP contribution in [-0.4, -0.2) is 113 Å². The molecule has 272 valence electrons. The van der Waals surface area contributed by atoms with Gasteiger partial charge in [-0.15, -0.1) is 11.8 Å². The average Bonchev–Trinajstić information content (AvgIpc) is 3.86. The number of anilines is 1. The highest BCUT2D eigenvalue weighted by atomic mass is 32.2. The lowest BCUT2D eigenvalue weighted by Gasteiger charge is -2.49.